The first-order valence-corrected chi connectivity index (χ1v) is 26.9. The molecule has 0 amide bonds. The maximum atomic E-state index is 8.78. The number of thiophene rings is 1. The van der Waals surface area contributed by atoms with Crippen LogP contribution >= 0.6 is 11.3 Å². The molecule has 0 aliphatic rings. The summed E-state index contributed by atoms with van der Waals surface area (Å²) in [7, 11) is 0. The maximum Gasteiger partial charge on any atom is 0.0774 e. The van der Waals surface area contributed by atoms with Gasteiger partial charge < -0.3 is 9.13 Å². The molecule has 3 heterocycles. The van der Waals surface area contributed by atoms with E-state index in [-0.39, 0.29) is 49.8 Å². The van der Waals surface area contributed by atoms with E-state index in [1.807, 2.05) is 54.6 Å². The van der Waals surface area contributed by atoms with Crippen LogP contribution in [0, 0.1) is 12.1 Å². The van der Waals surface area contributed by atoms with E-state index in [4.69, 9.17) is 16.8 Å². The smallest absolute Gasteiger partial charge is 0.0774 e. The Labute approximate surface area is 471 Å². The second kappa shape index (κ2) is 20.9. The maximum absolute atomic E-state index is 8.78. The van der Waals surface area contributed by atoms with Gasteiger partial charge in [-0.3, -0.25) is 9.97 Å². The molecule has 0 unspecified atom stereocenters. The van der Waals surface area contributed by atoms with Gasteiger partial charge in [-0.2, -0.15) is 11.3 Å². The van der Waals surface area contributed by atoms with Crippen LogP contribution in [0.1, 0.15) is 108 Å². The average molecular weight is 1190 g/mol. The van der Waals surface area contributed by atoms with Crippen LogP contribution in [0.25, 0.3) is 109 Å². The summed E-state index contributed by atoms with van der Waals surface area (Å²) < 4.78 is 49.3. The number of para-hydroxylation sites is 6. The Morgan fingerprint density at radius 3 is 1.59 bits per heavy atom. The van der Waals surface area contributed by atoms with Crippen molar-refractivity contribution in [1.82, 2.24) is 19.1 Å². The predicted octanol–water partition coefficient (Wildman–Crippen LogP) is 19.8. The zero-order valence-electron chi connectivity index (χ0n) is 48.9. The third-order valence-electron chi connectivity index (χ3n) is 14.6. The van der Waals surface area contributed by atoms with E-state index in [0.29, 0.717) is 29.2 Å². The second-order valence-corrected chi connectivity index (χ2v) is 21.8. The molecule has 13 rings (SSSR count). The number of aromatic nitrogens is 4. The molecule has 0 fully saturated rings. The largest absolute Gasteiger partial charge is 0.333 e. The average Bonchev–Trinajstić information content (AvgIpc) is 4.21. The van der Waals surface area contributed by atoms with E-state index in [1.54, 1.807) is 11.3 Å². The zero-order chi connectivity index (χ0) is 55.8. The molecule has 0 atom stereocenters. The Balaban J connectivity index is 0.000000207. The van der Waals surface area contributed by atoms with Gasteiger partial charge in [0.15, 0.2) is 0 Å². The SMILES string of the molecule is CC(C)c1cccc(C(C)C)c1-n1c(-c2[c-]cccc2)nc2ccccc21.[2H]c1c([2H])c([2H])c(-c2cc3cc4sc5c(-c6nc7ccccc7n6-c6c(C(C)C)cccc6C(C)C)[c-]ccc5c4cc3c3ccccc23)c([2H])c1[2H].[Ir]. The molecule has 0 spiro atoms. The number of hydrogen-bond acceptors (Lipinski definition) is 3. The van der Waals surface area contributed by atoms with E-state index in [1.165, 1.54) is 33.6 Å². The summed E-state index contributed by atoms with van der Waals surface area (Å²) in [6.07, 6.45) is 0. The van der Waals surface area contributed by atoms with E-state index in [0.717, 1.165) is 86.6 Å². The molecule has 4 nitrogen and oxygen atoms in total. The Bertz CT molecular complexity index is 4490. The van der Waals surface area contributed by atoms with Gasteiger partial charge in [0, 0.05) is 36.2 Å². The fourth-order valence-corrected chi connectivity index (χ4v) is 12.2. The number of nitrogens with zero attached hydrogens (tertiary/aromatic N) is 4. The topological polar surface area (TPSA) is 35.6 Å². The molecule has 6 heteroatoms. The van der Waals surface area contributed by atoms with Crippen LogP contribution < -0.4 is 0 Å². The van der Waals surface area contributed by atoms with Crippen molar-refractivity contribution in [3.63, 3.8) is 0 Å². The fourth-order valence-electron chi connectivity index (χ4n) is 11.0. The van der Waals surface area contributed by atoms with Gasteiger partial charge in [0.2, 0.25) is 0 Å². The number of benzene rings is 10. The molecule has 0 N–H and O–H groups in total. The third kappa shape index (κ3) is 8.86. The third-order valence-corrected chi connectivity index (χ3v) is 15.8. The van der Waals surface area contributed by atoms with E-state index in [2.05, 4.69) is 186 Å². The van der Waals surface area contributed by atoms with Crippen LogP contribution in [0.15, 0.2) is 194 Å². The number of hydrogen-bond donors (Lipinski definition) is 0. The van der Waals surface area contributed by atoms with Crippen molar-refractivity contribution >= 4 is 75.1 Å². The van der Waals surface area contributed by atoms with Gasteiger partial charge in [-0.25, -0.2) is 0 Å². The molecule has 3 aromatic heterocycles. The van der Waals surface area contributed by atoms with Gasteiger partial charge in [0.05, 0.1) is 40.6 Å². The van der Waals surface area contributed by atoms with Crippen LogP contribution in [0.5, 0.6) is 0 Å². The first-order chi connectivity index (χ1) is 38.6. The van der Waals surface area contributed by atoms with Crippen molar-refractivity contribution in [1.29, 1.82) is 0 Å². The van der Waals surface area contributed by atoms with Crippen LogP contribution in [-0.4, -0.2) is 19.1 Å². The monoisotopic (exact) mass is 1190 g/mol. The number of imidazole rings is 2. The van der Waals surface area contributed by atoms with Gasteiger partial charge in [0.25, 0.3) is 0 Å². The quantitative estimate of drug-likeness (QED) is 0.107. The van der Waals surface area contributed by atoms with Crippen molar-refractivity contribution in [2.45, 2.75) is 79.1 Å². The van der Waals surface area contributed by atoms with E-state index < -0.39 is 6.04 Å². The van der Waals surface area contributed by atoms with Crippen molar-refractivity contribution in [3.8, 4) is 45.3 Å². The molecule has 0 saturated carbocycles. The number of rotatable bonds is 9. The first-order valence-electron chi connectivity index (χ1n) is 28.6. The molecule has 76 heavy (non-hydrogen) atoms. The summed E-state index contributed by atoms with van der Waals surface area (Å²) in [5.41, 5.74) is 14.6. The van der Waals surface area contributed by atoms with Crippen LogP contribution in [0.4, 0.5) is 0 Å². The summed E-state index contributed by atoms with van der Waals surface area (Å²) in [6, 6.07) is 62.2. The second-order valence-electron chi connectivity index (χ2n) is 20.7. The normalized spacial score (nSPS) is 12.7. The zero-order valence-corrected chi connectivity index (χ0v) is 47.1. The van der Waals surface area contributed by atoms with Crippen molar-refractivity contribution < 1.29 is 27.0 Å². The van der Waals surface area contributed by atoms with E-state index >= 15 is 0 Å². The molecular weight excluding hydrogens is 1120 g/mol. The molecule has 377 valence electrons. The first kappa shape index (κ1) is 44.8. The number of fused-ring (bicyclic) bond motifs is 8. The molecule has 13 aromatic rings. The Morgan fingerprint density at radius 1 is 0.474 bits per heavy atom. The van der Waals surface area contributed by atoms with Gasteiger partial charge in [-0.15, -0.1) is 54.1 Å². The van der Waals surface area contributed by atoms with E-state index in [9.17, 15) is 0 Å². The Kier molecular flexibility index (Phi) is 12.3. The minimum atomic E-state index is -0.393. The molecule has 0 bridgehead atoms. The van der Waals surface area contributed by atoms with Gasteiger partial charge in [-0.05, 0) is 131 Å². The Morgan fingerprint density at radius 2 is 1.01 bits per heavy atom. The summed E-state index contributed by atoms with van der Waals surface area (Å²) in [5, 5.41) is 6.03. The predicted molar refractivity (Wildman–Crippen MR) is 320 cm³/mol. The molecule has 1 radical (unpaired) electrons. The Hall–Kier alpha value is -7.47. The standard InChI is InChI=1S/C45H35N2S.C25H25N2.Ir/c1-27(2)31-18-12-19-32(28(3)4)43(31)47-41-23-11-10-22-40(41)46-45(47)36-21-13-20-35-39-26-38-30(25-42(39)48-44(35)36)24-37(29-14-6-5-7-15-29)33-16-8-9-17-34(33)38;1-17(2)20-13-10-14-21(18(3)4)24(20)27-23-16-9-8-15-22(23)26-25(27)19-11-6-5-7-12-19;/h5-20,22-28H,1-4H3;5-11,13-18H,1-4H3;/q2*-1;/i5D,6D,7D,14D,15D;;. The van der Waals surface area contributed by atoms with Crippen molar-refractivity contribution in [3.05, 3.63) is 228 Å². The van der Waals surface area contributed by atoms with Gasteiger partial charge in [-0.1, -0.05) is 181 Å². The van der Waals surface area contributed by atoms with Gasteiger partial charge in [0.1, 0.15) is 0 Å². The molecule has 0 aliphatic heterocycles. The van der Waals surface area contributed by atoms with Crippen LogP contribution in [0.2, 0.25) is 0 Å². The molecular formula is C70H60IrN4S-2. The van der Waals surface area contributed by atoms with Gasteiger partial charge >= 0.3 is 0 Å². The summed E-state index contributed by atoms with van der Waals surface area (Å²) in [5.74, 6) is 3.26. The van der Waals surface area contributed by atoms with Crippen LogP contribution in [0.3, 0.4) is 0 Å². The molecule has 0 aliphatic carbocycles. The molecule has 0 saturated heterocycles. The van der Waals surface area contributed by atoms with Crippen molar-refractivity contribution in [2.75, 3.05) is 0 Å². The summed E-state index contributed by atoms with van der Waals surface area (Å²) >= 11 is 1.71. The fraction of sp³-hybridized carbons (Fsp3) is 0.171. The molecule has 10 aromatic carbocycles. The summed E-state index contributed by atoms with van der Waals surface area (Å²) in [6.45, 7) is 18.0. The minimum absolute atomic E-state index is 0. The summed E-state index contributed by atoms with van der Waals surface area (Å²) in [4.78, 5) is 10.3. The van der Waals surface area contributed by atoms with Crippen LogP contribution in [-0.2, 0) is 20.1 Å². The van der Waals surface area contributed by atoms with Crippen molar-refractivity contribution in [2.24, 2.45) is 0 Å². The minimum Gasteiger partial charge on any atom is -0.333 e.